The van der Waals surface area contributed by atoms with Crippen LogP contribution in [0.3, 0.4) is 0 Å². The van der Waals surface area contributed by atoms with Crippen molar-refractivity contribution in [3.05, 3.63) is 20.8 Å². The summed E-state index contributed by atoms with van der Waals surface area (Å²) in [6, 6.07) is 4.97. The van der Waals surface area contributed by atoms with Gasteiger partial charge < -0.3 is 5.32 Å². The number of unbranched alkanes of at least 4 members (excludes halogenated alkanes) is 6. The number of rotatable bonds is 11. The highest BCUT2D eigenvalue weighted by atomic mass is 79.9. The molecule has 1 N–H and O–H groups in total. The van der Waals surface area contributed by atoms with E-state index in [2.05, 4.69) is 47.2 Å². The lowest BCUT2D eigenvalue weighted by atomic mass is 10.0. The number of thiophene rings is 1. The zero-order valence-electron chi connectivity index (χ0n) is 12.4. The van der Waals surface area contributed by atoms with Gasteiger partial charge in [0.1, 0.15) is 0 Å². The average molecular weight is 346 g/mol. The molecular weight excluding hydrogens is 318 g/mol. The summed E-state index contributed by atoms with van der Waals surface area (Å²) in [7, 11) is 0. The molecule has 0 amide bonds. The van der Waals surface area contributed by atoms with Gasteiger partial charge in [0.05, 0.1) is 3.79 Å². The Morgan fingerprint density at radius 2 is 1.74 bits per heavy atom. The molecule has 19 heavy (non-hydrogen) atoms. The van der Waals surface area contributed by atoms with Crippen molar-refractivity contribution < 1.29 is 0 Å². The number of nitrogens with one attached hydrogen (secondary N) is 1. The van der Waals surface area contributed by atoms with Crippen LogP contribution in [-0.2, 0) is 0 Å². The van der Waals surface area contributed by atoms with E-state index in [1.165, 1.54) is 60.0 Å². The smallest absolute Gasteiger partial charge is 0.0701 e. The SMILES string of the molecule is CCCCCCCCCC(NCC)c1ccc(Br)s1. The van der Waals surface area contributed by atoms with Crippen LogP contribution in [0.2, 0.25) is 0 Å². The molecule has 110 valence electrons. The van der Waals surface area contributed by atoms with E-state index in [1.54, 1.807) is 0 Å². The van der Waals surface area contributed by atoms with E-state index in [1.807, 2.05) is 11.3 Å². The molecule has 1 heterocycles. The molecule has 0 saturated heterocycles. The van der Waals surface area contributed by atoms with E-state index in [9.17, 15) is 0 Å². The van der Waals surface area contributed by atoms with Gasteiger partial charge >= 0.3 is 0 Å². The molecule has 0 bridgehead atoms. The van der Waals surface area contributed by atoms with E-state index in [0.29, 0.717) is 6.04 Å². The first-order chi connectivity index (χ1) is 9.27. The van der Waals surface area contributed by atoms with E-state index < -0.39 is 0 Å². The van der Waals surface area contributed by atoms with Crippen LogP contribution in [0.15, 0.2) is 15.9 Å². The summed E-state index contributed by atoms with van der Waals surface area (Å²) >= 11 is 5.42. The van der Waals surface area contributed by atoms with Crippen molar-refractivity contribution in [3.8, 4) is 0 Å². The number of halogens is 1. The maximum absolute atomic E-state index is 3.61. The molecule has 0 aliphatic rings. The van der Waals surface area contributed by atoms with Crippen LogP contribution in [0.25, 0.3) is 0 Å². The molecule has 1 nitrogen and oxygen atoms in total. The van der Waals surface area contributed by atoms with Crippen molar-refractivity contribution in [1.29, 1.82) is 0 Å². The predicted molar refractivity (Wildman–Crippen MR) is 91.0 cm³/mol. The maximum Gasteiger partial charge on any atom is 0.0701 e. The molecule has 1 rings (SSSR count). The molecule has 1 unspecified atom stereocenters. The van der Waals surface area contributed by atoms with Crippen molar-refractivity contribution >= 4 is 27.3 Å². The monoisotopic (exact) mass is 345 g/mol. The van der Waals surface area contributed by atoms with Gasteiger partial charge in [-0.2, -0.15) is 0 Å². The maximum atomic E-state index is 3.61. The lowest BCUT2D eigenvalue weighted by Gasteiger charge is -2.16. The van der Waals surface area contributed by atoms with Gasteiger partial charge in [0.15, 0.2) is 0 Å². The topological polar surface area (TPSA) is 12.0 Å². The van der Waals surface area contributed by atoms with Crippen molar-refractivity contribution in [2.75, 3.05) is 6.54 Å². The fourth-order valence-corrected chi connectivity index (χ4v) is 3.95. The Morgan fingerprint density at radius 3 is 2.32 bits per heavy atom. The normalized spacial score (nSPS) is 12.8. The van der Waals surface area contributed by atoms with Gasteiger partial charge in [0.25, 0.3) is 0 Å². The average Bonchev–Trinajstić information content (AvgIpc) is 2.83. The van der Waals surface area contributed by atoms with Gasteiger partial charge in [-0.25, -0.2) is 0 Å². The fraction of sp³-hybridized carbons (Fsp3) is 0.750. The Morgan fingerprint density at radius 1 is 1.05 bits per heavy atom. The lowest BCUT2D eigenvalue weighted by molar-refractivity contribution is 0.481. The van der Waals surface area contributed by atoms with Gasteiger partial charge in [0.2, 0.25) is 0 Å². The summed E-state index contributed by atoms with van der Waals surface area (Å²) in [5.74, 6) is 0. The minimum atomic E-state index is 0.553. The summed E-state index contributed by atoms with van der Waals surface area (Å²) < 4.78 is 1.24. The van der Waals surface area contributed by atoms with Crippen molar-refractivity contribution in [2.45, 2.75) is 71.3 Å². The van der Waals surface area contributed by atoms with Gasteiger partial charge in [-0.05, 0) is 41.0 Å². The van der Waals surface area contributed by atoms with E-state index in [-0.39, 0.29) is 0 Å². The molecule has 1 atom stereocenters. The molecule has 0 fully saturated rings. The first-order valence-electron chi connectivity index (χ1n) is 7.76. The molecule has 0 aliphatic carbocycles. The van der Waals surface area contributed by atoms with Crippen LogP contribution in [0, 0.1) is 0 Å². The zero-order valence-corrected chi connectivity index (χ0v) is 14.8. The first-order valence-corrected chi connectivity index (χ1v) is 9.37. The van der Waals surface area contributed by atoms with Crippen LogP contribution in [0.1, 0.15) is 76.1 Å². The van der Waals surface area contributed by atoms with Gasteiger partial charge in [-0.15, -0.1) is 11.3 Å². The molecule has 1 aromatic heterocycles. The highest BCUT2D eigenvalue weighted by Gasteiger charge is 2.11. The van der Waals surface area contributed by atoms with Crippen LogP contribution in [-0.4, -0.2) is 6.54 Å². The van der Waals surface area contributed by atoms with Crippen molar-refractivity contribution in [2.24, 2.45) is 0 Å². The minimum absolute atomic E-state index is 0.553. The third kappa shape index (κ3) is 7.48. The van der Waals surface area contributed by atoms with Gasteiger partial charge in [-0.3, -0.25) is 0 Å². The summed E-state index contributed by atoms with van der Waals surface area (Å²) in [5, 5.41) is 3.61. The van der Waals surface area contributed by atoms with Crippen molar-refractivity contribution in [1.82, 2.24) is 5.32 Å². The summed E-state index contributed by atoms with van der Waals surface area (Å²) in [6.07, 6.45) is 11.0. The fourth-order valence-electron chi connectivity index (χ4n) is 2.41. The molecule has 0 saturated carbocycles. The molecular formula is C16H28BrNS. The zero-order chi connectivity index (χ0) is 13.9. The molecule has 0 radical (unpaired) electrons. The second-order valence-electron chi connectivity index (χ2n) is 5.16. The quantitative estimate of drug-likeness (QED) is 0.464. The molecule has 0 spiro atoms. The predicted octanol–water partition coefficient (Wildman–Crippen LogP) is 6.30. The van der Waals surface area contributed by atoms with Gasteiger partial charge in [-0.1, -0.05) is 58.8 Å². The number of hydrogen-bond donors (Lipinski definition) is 1. The lowest BCUT2D eigenvalue weighted by Crippen LogP contribution is -2.19. The molecule has 1 aromatic rings. The minimum Gasteiger partial charge on any atom is -0.310 e. The highest BCUT2D eigenvalue weighted by Crippen LogP contribution is 2.30. The van der Waals surface area contributed by atoms with E-state index in [0.717, 1.165) is 6.54 Å². The van der Waals surface area contributed by atoms with Crippen LogP contribution in [0.4, 0.5) is 0 Å². The van der Waals surface area contributed by atoms with Crippen LogP contribution >= 0.6 is 27.3 Å². The summed E-state index contributed by atoms with van der Waals surface area (Å²) in [4.78, 5) is 1.47. The second kappa shape index (κ2) is 10.9. The first kappa shape index (κ1) is 17.2. The third-order valence-electron chi connectivity index (χ3n) is 3.48. The molecule has 0 aliphatic heterocycles. The Balaban J connectivity index is 2.19. The Bertz CT molecular complexity index is 324. The second-order valence-corrected chi connectivity index (χ2v) is 7.66. The third-order valence-corrected chi connectivity index (χ3v) is 5.22. The Hall–Kier alpha value is 0.140. The summed E-state index contributed by atoms with van der Waals surface area (Å²) in [6.45, 7) is 5.53. The van der Waals surface area contributed by atoms with Crippen LogP contribution < -0.4 is 5.32 Å². The largest absolute Gasteiger partial charge is 0.310 e. The standard InChI is InChI=1S/C16H28BrNS/c1-3-5-6-7-8-9-10-11-14(18-4-2)15-12-13-16(17)19-15/h12-14,18H,3-11H2,1-2H3. The van der Waals surface area contributed by atoms with E-state index >= 15 is 0 Å². The van der Waals surface area contributed by atoms with Gasteiger partial charge in [0, 0.05) is 10.9 Å². The van der Waals surface area contributed by atoms with E-state index in [4.69, 9.17) is 0 Å². The summed E-state index contributed by atoms with van der Waals surface area (Å²) in [5.41, 5.74) is 0. The molecule has 0 aromatic carbocycles. The van der Waals surface area contributed by atoms with Crippen LogP contribution in [0.5, 0.6) is 0 Å². The Labute approximate surface area is 131 Å². The Kier molecular flexibility index (Phi) is 9.84. The highest BCUT2D eigenvalue weighted by molar-refractivity contribution is 9.11. The number of hydrogen-bond acceptors (Lipinski definition) is 2. The molecule has 3 heteroatoms. The van der Waals surface area contributed by atoms with Crippen molar-refractivity contribution in [3.63, 3.8) is 0 Å².